The van der Waals surface area contributed by atoms with Crippen molar-refractivity contribution in [3.05, 3.63) is 28.7 Å². The first-order valence-electron chi connectivity index (χ1n) is 2.56. The molecule has 0 unspecified atom stereocenters. The van der Waals surface area contributed by atoms with Gasteiger partial charge in [0.2, 0.25) is 0 Å². The van der Waals surface area contributed by atoms with E-state index in [-0.39, 0.29) is 5.56 Å². The number of hydrogen-bond acceptors (Lipinski definition) is 2. The van der Waals surface area contributed by atoms with Gasteiger partial charge in [0, 0.05) is 6.20 Å². The van der Waals surface area contributed by atoms with Gasteiger partial charge in [-0.25, -0.2) is 0 Å². The fourth-order valence-electron chi connectivity index (χ4n) is 0.567. The van der Waals surface area contributed by atoms with E-state index < -0.39 is 0 Å². The summed E-state index contributed by atoms with van der Waals surface area (Å²) in [5, 5.41) is 0. The molecule has 9 heavy (non-hydrogen) atoms. The Balaban J connectivity index is 3.16. The van der Waals surface area contributed by atoms with Crippen molar-refractivity contribution >= 4 is 11.8 Å². The van der Waals surface area contributed by atoms with Gasteiger partial charge in [-0.2, -0.15) is 0 Å². The van der Waals surface area contributed by atoms with Gasteiger partial charge in [0.25, 0.3) is 5.56 Å². The molecule has 0 saturated heterocycles. The zero-order valence-electron chi connectivity index (χ0n) is 5.05. The number of aromatic nitrogens is 1. The van der Waals surface area contributed by atoms with Crippen LogP contribution in [0.4, 0.5) is 0 Å². The third-order valence-corrected chi connectivity index (χ3v) is 1.76. The Labute approximate surface area is 57.3 Å². The fraction of sp³-hybridized carbons (Fsp3) is 0.167. The lowest BCUT2D eigenvalue weighted by Gasteiger charge is -1.89. The molecule has 0 aromatic carbocycles. The predicted octanol–water partition coefficient (Wildman–Crippen LogP) is 1.10. The van der Waals surface area contributed by atoms with Gasteiger partial charge in [0.15, 0.2) is 0 Å². The van der Waals surface area contributed by atoms with Crippen LogP contribution in [0.3, 0.4) is 0 Å². The summed E-state index contributed by atoms with van der Waals surface area (Å²) in [5.41, 5.74) is -0.00926. The van der Waals surface area contributed by atoms with E-state index in [4.69, 9.17) is 0 Å². The molecular weight excluding hydrogens is 134 g/mol. The lowest BCUT2D eigenvalue weighted by atomic mass is 10.5. The van der Waals surface area contributed by atoms with Crippen LogP contribution in [0.15, 0.2) is 28.0 Å². The van der Waals surface area contributed by atoms with Gasteiger partial charge in [-0.3, -0.25) is 4.79 Å². The minimum absolute atomic E-state index is 0.00926. The topological polar surface area (TPSA) is 32.9 Å². The molecule has 0 aliphatic rings. The second-order valence-electron chi connectivity index (χ2n) is 1.57. The third kappa shape index (κ3) is 1.36. The fourth-order valence-corrected chi connectivity index (χ4v) is 1.03. The molecule has 2 nitrogen and oxygen atoms in total. The Hall–Kier alpha value is -0.700. The Kier molecular flexibility index (Phi) is 1.95. The molecule has 0 atom stereocenters. The van der Waals surface area contributed by atoms with Crippen molar-refractivity contribution in [3.8, 4) is 0 Å². The van der Waals surface area contributed by atoms with Gasteiger partial charge < -0.3 is 4.98 Å². The van der Waals surface area contributed by atoms with Crippen molar-refractivity contribution in [2.45, 2.75) is 4.90 Å². The summed E-state index contributed by atoms with van der Waals surface area (Å²) in [4.78, 5) is 14.1. The lowest BCUT2D eigenvalue weighted by molar-refractivity contribution is 1.15. The predicted molar refractivity (Wildman–Crippen MR) is 38.8 cm³/mol. The highest BCUT2D eigenvalue weighted by atomic mass is 32.2. The van der Waals surface area contributed by atoms with Crippen LogP contribution in [0.1, 0.15) is 0 Å². The van der Waals surface area contributed by atoms with E-state index in [0.29, 0.717) is 0 Å². The maximum Gasteiger partial charge on any atom is 0.261 e. The molecule has 0 radical (unpaired) electrons. The molecule has 3 heteroatoms. The molecule has 1 aromatic rings. The Morgan fingerprint density at radius 2 is 2.44 bits per heavy atom. The molecular formula is C6H7NOS. The molecule has 0 bridgehead atoms. The molecule has 0 aliphatic heterocycles. The second-order valence-corrected chi connectivity index (χ2v) is 2.42. The molecule has 0 fully saturated rings. The van der Waals surface area contributed by atoms with E-state index in [2.05, 4.69) is 4.98 Å². The average Bonchev–Trinajstić information content (AvgIpc) is 1.89. The van der Waals surface area contributed by atoms with Gasteiger partial charge in [0.1, 0.15) is 0 Å². The SMILES string of the molecule is CSc1ccc[nH]c1=O. The highest BCUT2D eigenvalue weighted by molar-refractivity contribution is 7.98. The smallest absolute Gasteiger partial charge is 0.261 e. The molecule has 0 spiro atoms. The molecule has 0 amide bonds. The lowest BCUT2D eigenvalue weighted by Crippen LogP contribution is -2.05. The van der Waals surface area contributed by atoms with Crippen molar-refractivity contribution in [2.75, 3.05) is 6.26 Å². The summed E-state index contributed by atoms with van der Waals surface area (Å²) in [6, 6.07) is 3.61. The molecule has 1 aromatic heterocycles. The molecule has 48 valence electrons. The maximum absolute atomic E-state index is 10.8. The summed E-state index contributed by atoms with van der Waals surface area (Å²) >= 11 is 1.45. The zero-order valence-corrected chi connectivity index (χ0v) is 5.87. The van der Waals surface area contributed by atoms with Crippen LogP contribution < -0.4 is 5.56 Å². The Morgan fingerprint density at radius 1 is 1.67 bits per heavy atom. The first kappa shape index (κ1) is 6.42. The highest BCUT2D eigenvalue weighted by Crippen LogP contribution is 2.05. The van der Waals surface area contributed by atoms with Crippen LogP contribution in [0.2, 0.25) is 0 Å². The number of pyridine rings is 1. The molecule has 1 rings (SSSR count). The summed E-state index contributed by atoms with van der Waals surface area (Å²) in [6.45, 7) is 0. The van der Waals surface area contributed by atoms with Crippen LogP contribution in [-0.2, 0) is 0 Å². The monoisotopic (exact) mass is 141 g/mol. The van der Waals surface area contributed by atoms with E-state index in [9.17, 15) is 4.79 Å². The molecule has 1 N–H and O–H groups in total. The van der Waals surface area contributed by atoms with E-state index in [1.807, 2.05) is 12.3 Å². The zero-order chi connectivity index (χ0) is 6.69. The third-order valence-electron chi connectivity index (χ3n) is 1.00. The Bertz CT molecular complexity index is 243. The Morgan fingerprint density at radius 3 is 2.89 bits per heavy atom. The van der Waals surface area contributed by atoms with Crippen molar-refractivity contribution in [1.82, 2.24) is 4.98 Å². The average molecular weight is 141 g/mol. The van der Waals surface area contributed by atoms with Gasteiger partial charge in [-0.15, -0.1) is 11.8 Å². The van der Waals surface area contributed by atoms with Gasteiger partial charge in [-0.1, -0.05) is 0 Å². The van der Waals surface area contributed by atoms with Crippen LogP contribution in [0.25, 0.3) is 0 Å². The van der Waals surface area contributed by atoms with Gasteiger partial charge in [0.05, 0.1) is 4.90 Å². The first-order valence-corrected chi connectivity index (χ1v) is 3.79. The number of aromatic amines is 1. The minimum atomic E-state index is -0.00926. The molecule has 1 heterocycles. The summed E-state index contributed by atoms with van der Waals surface area (Å²) in [5.74, 6) is 0. The normalized spacial score (nSPS) is 9.44. The second kappa shape index (κ2) is 2.73. The molecule has 0 aliphatic carbocycles. The number of thioether (sulfide) groups is 1. The maximum atomic E-state index is 10.8. The standard InChI is InChI=1S/C6H7NOS/c1-9-5-3-2-4-7-6(5)8/h2-4H,1H3,(H,7,8). The van der Waals surface area contributed by atoms with Crippen LogP contribution in [-0.4, -0.2) is 11.2 Å². The summed E-state index contributed by atoms with van der Waals surface area (Å²) in [7, 11) is 0. The number of rotatable bonds is 1. The first-order chi connectivity index (χ1) is 4.34. The van der Waals surface area contributed by atoms with E-state index in [1.165, 1.54) is 11.8 Å². The van der Waals surface area contributed by atoms with E-state index >= 15 is 0 Å². The van der Waals surface area contributed by atoms with Crippen molar-refractivity contribution in [1.29, 1.82) is 0 Å². The van der Waals surface area contributed by atoms with Crippen molar-refractivity contribution in [3.63, 3.8) is 0 Å². The highest BCUT2D eigenvalue weighted by Gasteiger charge is 1.90. The number of nitrogens with one attached hydrogen (secondary N) is 1. The minimum Gasteiger partial charge on any atom is -0.328 e. The number of H-pyrrole nitrogens is 1. The van der Waals surface area contributed by atoms with Crippen LogP contribution in [0, 0.1) is 0 Å². The summed E-state index contributed by atoms with van der Waals surface area (Å²) < 4.78 is 0. The largest absolute Gasteiger partial charge is 0.328 e. The van der Waals surface area contributed by atoms with Crippen LogP contribution in [0.5, 0.6) is 0 Å². The van der Waals surface area contributed by atoms with Gasteiger partial charge >= 0.3 is 0 Å². The number of hydrogen-bond donors (Lipinski definition) is 1. The summed E-state index contributed by atoms with van der Waals surface area (Å²) in [6.07, 6.45) is 3.51. The quantitative estimate of drug-likeness (QED) is 0.594. The van der Waals surface area contributed by atoms with E-state index in [1.54, 1.807) is 12.3 Å². The van der Waals surface area contributed by atoms with Gasteiger partial charge in [-0.05, 0) is 18.4 Å². The van der Waals surface area contributed by atoms with Crippen LogP contribution >= 0.6 is 11.8 Å². The van der Waals surface area contributed by atoms with E-state index in [0.717, 1.165) is 4.90 Å². The van der Waals surface area contributed by atoms with Crippen molar-refractivity contribution < 1.29 is 0 Å². The molecule has 0 saturated carbocycles. The van der Waals surface area contributed by atoms with Crippen molar-refractivity contribution in [2.24, 2.45) is 0 Å².